The van der Waals surface area contributed by atoms with Crippen molar-refractivity contribution in [2.24, 2.45) is 4.99 Å². The zero-order valence-corrected chi connectivity index (χ0v) is 14.9. The number of aromatic nitrogens is 1. The van der Waals surface area contributed by atoms with Crippen molar-refractivity contribution in [3.05, 3.63) is 94.7 Å². The molecule has 27 heavy (non-hydrogen) atoms. The third-order valence-electron chi connectivity index (χ3n) is 3.83. The van der Waals surface area contributed by atoms with Gasteiger partial charge >= 0.3 is 0 Å². The number of furan rings is 1. The molecule has 136 valence electrons. The van der Waals surface area contributed by atoms with Gasteiger partial charge in [-0.1, -0.05) is 18.2 Å². The fourth-order valence-electron chi connectivity index (χ4n) is 2.53. The van der Waals surface area contributed by atoms with Crippen molar-refractivity contribution < 1.29 is 18.7 Å². The number of hydrogen-bond donors (Lipinski definition) is 0. The average molecular weight is 381 g/mol. The first-order valence-corrected chi connectivity index (χ1v) is 8.45. The van der Waals surface area contributed by atoms with E-state index in [1.165, 1.54) is 30.5 Å². The van der Waals surface area contributed by atoms with Crippen LogP contribution in [0.25, 0.3) is 0 Å². The van der Waals surface area contributed by atoms with Gasteiger partial charge in [-0.2, -0.15) is 4.57 Å². The molecule has 0 bridgehead atoms. The number of carbonyl (C=O) groups excluding carboxylic acids is 1. The molecule has 3 rings (SSSR count). The molecule has 1 aromatic carbocycles. The van der Waals surface area contributed by atoms with Gasteiger partial charge in [-0.15, -0.1) is 0 Å². The van der Waals surface area contributed by atoms with Gasteiger partial charge < -0.3 is 22.0 Å². The minimum Gasteiger partial charge on any atom is -0.758 e. The largest absolute Gasteiger partial charge is 0.758 e. The Morgan fingerprint density at radius 3 is 2.63 bits per heavy atom. The molecule has 0 aliphatic carbocycles. The number of Topliss-reactive ketones (excluding diaryl/α,β-unsaturated/α-hetero) is 1. The van der Waals surface area contributed by atoms with Gasteiger partial charge in [0.05, 0.1) is 17.7 Å². The number of nitrogens with zero attached hydrogens (tertiary/aromatic N) is 3. The molecule has 2 aromatic heterocycles. The Balaban J connectivity index is 1.97. The molecule has 0 fully saturated rings. The molecule has 0 aliphatic rings. The maximum absolute atomic E-state index is 13.1. The first-order chi connectivity index (χ1) is 13.1. The van der Waals surface area contributed by atoms with Crippen molar-refractivity contribution in [1.29, 1.82) is 0 Å². The van der Waals surface area contributed by atoms with Gasteiger partial charge in [-0.3, -0.25) is 14.9 Å². The van der Waals surface area contributed by atoms with Gasteiger partial charge in [0.2, 0.25) is 11.8 Å². The van der Waals surface area contributed by atoms with E-state index in [0.29, 0.717) is 5.76 Å². The van der Waals surface area contributed by atoms with Crippen molar-refractivity contribution in [3.8, 4) is 0 Å². The van der Waals surface area contributed by atoms with Crippen LogP contribution in [0.4, 0.5) is 5.69 Å². The summed E-state index contributed by atoms with van der Waals surface area (Å²) in [5.74, 6) is 0.250. The molecule has 2 heterocycles. The first-order valence-electron chi connectivity index (χ1n) is 8.04. The summed E-state index contributed by atoms with van der Waals surface area (Å²) in [7, 11) is 0. The Kier molecular flexibility index (Phi) is 5.68. The van der Waals surface area contributed by atoms with E-state index in [-0.39, 0.29) is 28.6 Å². The zero-order valence-electron chi connectivity index (χ0n) is 14.1. The number of aliphatic imine (C=N–C) groups is 1. The predicted molar refractivity (Wildman–Crippen MR) is 100 cm³/mol. The molecular formula is C19H15N3O4S. The lowest BCUT2D eigenvalue weighted by atomic mass is 10.0. The molecule has 0 amide bonds. The summed E-state index contributed by atoms with van der Waals surface area (Å²) < 4.78 is 6.87. The number of rotatable bonds is 7. The number of benzene rings is 1. The quantitative estimate of drug-likeness (QED) is 0.119. The fourth-order valence-corrected chi connectivity index (χ4v) is 2.83. The summed E-state index contributed by atoms with van der Waals surface area (Å²) in [5.41, 5.74) is 0.0391. The molecular weight excluding hydrogens is 366 g/mol. The highest BCUT2D eigenvalue weighted by molar-refractivity contribution is 7.77. The van der Waals surface area contributed by atoms with E-state index >= 15 is 0 Å². The van der Waals surface area contributed by atoms with Crippen LogP contribution in [0.1, 0.15) is 22.2 Å². The Hall–Kier alpha value is -3.39. The summed E-state index contributed by atoms with van der Waals surface area (Å²) in [5, 5.41) is 11.2. The van der Waals surface area contributed by atoms with Gasteiger partial charge in [0, 0.05) is 29.8 Å². The highest BCUT2D eigenvalue weighted by Crippen LogP contribution is 2.18. The number of ketones is 1. The van der Waals surface area contributed by atoms with Crippen molar-refractivity contribution in [2.75, 3.05) is 0 Å². The maximum Gasteiger partial charge on any atom is 0.270 e. The molecule has 0 aliphatic heterocycles. The van der Waals surface area contributed by atoms with Crippen LogP contribution < -0.4 is 4.57 Å². The number of hydrogen-bond acceptors (Lipinski definition) is 6. The average Bonchev–Trinajstić information content (AvgIpc) is 3.21. The molecule has 0 saturated carbocycles. The number of non-ortho nitro benzene ring substituents is 1. The topological polar surface area (TPSA) is 89.6 Å². The zero-order chi connectivity index (χ0) is 19.2. The summed E-state index contributed by atoms with van der Waals surface area (Å²) >= 11 is 5.41. The molecule has 7 nitrogen and oxygen atoms in total. The Morgan fingerprint density at radius 2 is 1.96 bits per heavy atom. The monoisotopic (exact) mass is 381 g/mol. The molecule has 0 saturated heterocycles. The number of pyridine rings is 1. The van der Waals surface area contributed by atoms with Crippen LogP contribution in [-0.2, 0) is 19.2 Å². The van der Waals surface area contributed by atoms with Crippen LogP contribution in [0.15, 0.2) is 82.7 Å². The number of nitro benzene ring substituents is 1. The second-order valence-corrected chi connectivity index (χ2v) is 6.05. The van der Waals surface area contributed by atoms with Gasteiger partial charge in [-0.25, -0.2) is 0 Å². The van der Waals surface area contributed by atoms with Crippen LogP contribution in [0.3, 0.4) is 0 Å². The van der Waals surface area contributed by atoms with Crippen LogP contribution in [0.2, 0.25) is 0 Å². The second-order valence-electron chi connectivity index (χ2n) is 5.63. The molecule has 0 radical (unpaired) electrons. The van der Waals surface area contributed by atoms with Crippen LogP contribution in [-0.4, -0.2) is 15.8 Å². The third kappa shape index (κ3) is 4.42. The van der Waals surface area contributed by atoms with Crippen molar-refractivity contribution in [1.82, 2.24) is 0 Å². The standard InChI is InChI=1S/C19H15N3O4S/c23-18(14-6-4-7-15(12-14)22(24)25)17(21-9-2-1-3-10-21)19(27)20-13-16-8-5-11-26-16/h1-12,17H,13H2/t17-/m1/s1. The smallest absolute Gasteiger partial charge is 0.270 e. The summed E-state index contributed by atoms with van der Waals surface area (Å²) in [4.78, 5) is 27.9. The number of nitro groups is 1. The van der Waals surface area contributed by atoms with Crippen molar-refractivity contribution in [3.63, 3.8) is 0 Å². The highest BCUT2D eigenvalue weighted by Gasteiger charge is 2.29. The molecule has 0 spiro atoms. The molecule has 0 N–H and O–H groups in total. The predicted octanol–water partition coefficient (Wildman–Crippen LogP) is 3.04. The van der Waals surface area contributed by atoms with Crippen molar-refractivity contribution in [2.45, 2.75) is 12.6 Å². The Bertz CT molecular complexity index is 972. The van der Waals surface area contributed by atoms with E-state index in [4.69, 9.17) is 17.0 Å². The molecule has 1 atom stereocenters. The normalized spacial score (nSPS) is 12.5. The number of carbonyl (C=O) groups is 1. The minimum absolute atomic E-state index is 0.156. The van der Waals surface area contributed by atoms with E-state index in [2.05, 4.69) is 4.99 Å². The van der Waals surface area contributed by atoms with E-state index in [1.54, 1.807) is 41.2 Å². The second kappa shape index (κ2) is 8.33. The molecule has 8 heteroatoms. The van der Waals surface area contributed by atoms with E-state index in [1.807, 2.05) is 6.07 Å². The maximum atomic E-state index is 13.1. The lowest BCUT2D eigenvalue weighted by Gasteiger charge is -2.18. The van der Waals surface area contributed by atoms with E-state index in [0.717, 1.165) is 0 Å². The molecule has 3 aromatic rings. The lowest BCUT2D eigenvalue weighted by Crippen LogP contribution is -2.47. The van der Waals surface area contributed by atoms with Gasteiger partial charge in [-0.05, 0) is 17.2 Å². The summed E-state index contributed by atoms with van der Waals surface area (Å²) in [6.45, 7) is 0.206. The lowest BCUT2D eigenvalue weighted by molar-refractivity contribution is -0.691. The van der Waals surface area contributed by atoms with E-state index < -0.39 is 11.0 Å². The fraction of sp³-hybridized carbons (Fsp3) is 0.105. The van der Waals surface area contributed by atoms with Gasteiger partial charge in [0.1, 0.15) is 5.76 Å². The molecule has 0 unspecified atom stereocenters. The van der Waals surface area contributed by atoms with Gasteiger partial charge in [0.15, 0.2) is 12.4 Å². The van der Waals surface area contributed by atoms with E-state index in [9.17, 15) is 14.9 Å². The third-order valence-corrected chi connectivity index (χ3v) is 4.18. The summed E-state index contributed by atoms with van der Waals surface area (Å²) in [6.07, 6.45) is 4.94. The first kappa shape index (κ1) is 18.4. The summed E-state index contributed by atoms with van der Waals surface area (Å²) in [6, 6.07) is 13.5. The SMILES string of the molecule is O=C(c1cccc([N+](=O)[O-])c1)[C@H](C([S-])=NCc1ccco1)[n+]1ccccc1. The highest BCUT2D eigenvalue weighted by atomic mass is 32.1. The Morgan fingerprint density at radius 1 is 1.19 bits per heavy atom. The van der Waals surface area contributed by atoms with Gasteiger partial charge in [0.25, 0.3) is 5.69 Å². The Labute approximate surface area is 160 Å². The van der Waals surface area contributed by atoms with Crippen LogP contribution >= 0.6 is 0 Å². The van der Waals surface area contributed by atoms with Crippen molar-refractivity contribution >= 4 is 29.1 Å². The van der Waals surface area contributed by atoms with Crippen LogP contribution in [0.5, 0.6) is 0 Å². The van der Waals surface area contributed by atoms with Crippen LogP contribution in [0, 0.1) is 10.1 Å². The minimum atomic E-state index is -0.891.